The highest BCUT2D eigenvalue weighted by atomic mass is 19.2. The van der Waals surface area contributed by atoms with E-state index in [1.807, 2.05) is 4.98 Å². The third-order valence-electron chi connectivity index (χ3n) is 3.03. The number of ether oxygens (including phenoxy) is 1. The van der Waals surface area contributed by atoms with E-state index in [1.54, 1.807) is 0 Å². The van der Waals surface area contributed by atoms with Gasteiger partial charge in [-0.05, 0) is 6.92 Å². The van der Waals surface area contributed by atoms with Crippen LogP contribution in [0.15, 0.2) is 21.9 Å². The van der Waals surface area contributed by atoms with Crippen LogP contribution >= 0.6 is 0 Å². The number of nitrogens with one attached hydrogen (secondary N) is 1. The Labute approximate surface area is 105 Å². The molecule has 1 saturated heterocycles. The Kier molecular flexibility index (Phi) is 3.07. The van der Waals surface area contributed by atoms with Crippen molar-refractivity contribution in [3.63, 3.8) is 0 Å². The maximum Gasteiger partial charge on any atom is 0.330 e. The summed E-state index contributed by atoms with van der Waals surface area (Å²) in [5, 5.41) is 20.2. The molecular weight excluding hydrogens is 266 g/mol. The van der Waals surface area contributed by atoms with Crippen LogP contribution in [0.1, 0.15) is 13.2 Å². The van der Waals surface area contributed by atoms with Crippen LogP contribution in [0.25, 0.3) is 0 Å². The fourth-order valence-electron chi connectivity index (χ4n) is 1.98. The van der Waals surface area contributed by atoms with E-state index in [1.165, 1.54) is 0 Å². The zero-order valence-corrected chi connectivity index (χ0v) is 9.80. The van der Waals surface area contributed by atoms with E-state index in [-0.39, 0.29) is 0 Å². The Morgan fingerprint density at radius 2 is 2.16 bits per heavy atom. The Hall–Kier alpha value is -1.58. The smallest absolute Gasteiger partial charge is 0.330 e. The van der Waals surface area contributed by atoms with Gasteiger partial charge in [0.25, 0.3) is 11.4 Å². The average Bonchev–Trinajstić information content (AvgIpc) is 2.51. The van der Waals surface area contributed by atoms with E-state index < -0.39 is 41.7 Å². The number of halogens is 2. The maximum absolute atomic E-state index is 14.3. The highest BCUT2D eigenvalue weighted by molar-refractivity contribution is 5.04. The molecular formula is C10H11F2N2O5. The molecule has 1 aromatic rings. The minimum absolute atomic E-state index is 0.571. The van der Waals surface area contributed by atoms with Gasteiger partial charge in [-0.1, -0.05) is 0 Å². The zero-order chi connectivity index (χ0) is 14.4. The fourth-order valence-corrected chi connectivity index (χ4v) is 1.98. The van der Waals surface area contributed by atoms with Crippen molar-refractivity contribution in [3.8, 4) is 0 Å². The van der Waals surface area contributed by atoms with Gasteiger partial charge in [0, 0.05) is 12.3 Å². The minimum atomic E-state index is -3.14. The zero-order valence-electron chi connectivity index (χ0n) is 9.80. The molecule has 1 aliphatic heterocycles. The second kappa shape index (κ2) is 4.22. The molecule has 2 rings (SSSR count). The number of aliphatic hydroxyl groups is 1. The van der Waals surface area contributed by atoms with Crippen molar-refractivity contribution >= 4 is 0 Å². The lowest BCUT2D eigenvalue weighted by Gasteiger charge is -2.24. The predicted molar refractivity (Wildman–Crippen MR) is 56.4 cm³/mol. The normalized spacial score (nSPS) is 38.6. The first-order valence-corrected chi connectivity index (χ1v) is 5.35. The lowest BCUT2D eigenvalue weighted by atomic mass is 9.97. The molecule has 0 bridgehead atoms. The van der Waals surface area contributed by atoms with E-state index in [0.717, 1.165) is 19.2 Å². The van der Waals surface area contributed by atoms with Gasteiger partial charge in [-0.25, -0.2) is 18.7 Å². The quantitative estimate of drug-likeness (QED) is 0.742. The van der Waals surface area contributed by atoms with Crippen LogP contribution in [0.4, 0.5) is 8.78 Å². The van der Waals surface area contributed by atoms with Crippen molar-refractivity contribution < 1.29 is 23.7 Å². The summed E-state index contributed by atoms with van der Waals surface area (Å²) in [6, 6.07) is 0.905. The van der Waals surface area contributed by atoms with Crippen LogP contribution in [-0.2, 0) is 9.84 Å². The first-order valence-electron chi connectivity index (χ1n) is 5.35. The van der Waals surface area contributed by atoms with Crippen molar-refractivity contribution in [2.75, 3.05) is 6.61 Å². The predicted octanol–water partition coefficient (Wildman–Crippen LogP) is -0.749. The summed E-state index contributed by atoms with van der Waals surface area (Å²) in [4.78, 5) is 24.2. The number of aliphatic hydroxyl groups excluding tert-OH is 1. The fraction of sp³-hybridized carbons (Fsp3) is 0.600. The molecule has 0 unspecified atom stereocenters. The molecule has 0 aliphatic carbocycles. The van der Waals surface area contributed by atoms with E-state index in [0.29, 0.717) is 4.57 Å². The van der Waals surface area contributed by atoms with Crippen molar-refractivity contribution in [2.45, 2.75) is 30.8 Å². The van der Waals surface area contributed by atoms with Gasteiger partial charge in [-0.15, -0.1) is 0 Å². The van der Waals surface area contributed by atoms with Gasteiger partial charge < -0.3 is 9.84 Å². The lowest BCUT2D eigenvalue weighted by molar-refractivity contribution is -0.216. The van der Waals surface area contributed by atoms with E-state index in [2.05, 4.69) is 4.74 Å². The summed E-state index contributed by atoms with van der Waals surface area (Å²) in [5.41, 5.74) is -4.47. The van der Waals surface area contributed by atoms with Gasteiger partial charge in [-0.2, -0.15) is 0 Å². The molecule has 1 fully saturated rings. The summed E-state index contributed by atoms with van der Waals surface area (Å²) in [7, 11) is 0. The van der Waals surface area contributed by atoms with Gasteiger partial charge >= 0.3 is 5.69 Å². The van der Waals surface area contributed by atoms with Crippen LogP contribution in [0.5, 0.6) is 0 Å². The molecule has 7 nitrogen and oxygen atoms in total. The van der Waals surface area contributed by atoms with E-state index >= 15 is 0 Å². The Bertz CT molecular complexity index is 598. The molecule has 19 heavy (non-hydrogen) atoms. The monoisotopic (exact) mass is 277 g/mol. The summed E-state index contributed by atoms with van der Waals surface area (Å²) < 4.78 is 33.3. The van der Waals surface area contributed by atoms with Crippen molar-refractivity contribution in [2.24, 2.45) is 0 Å². The molecule has 4 atom stereocenters. The summed E-state index contributed by atoms with van der Waals surface area (Å²) in [6.07, 6.45) is -3.31. The summed E-state index contributed by atoms with van der Waals surface area (Å²) in [5.74, 6) is -3.14. The number of rotatable bonds is 2. The summed E-state index contributed by atoms with van der Waals surface area (Å²) in [6.45, 7) is -0.723. The number of hydrogen-bond donors (Lipinski definition) is 2. The standard InChI is InChI=1S/C10H11F2N2O5/c1-9(11)6(17)10(12,4-15)19-7(9)14-3-2-5(16)13-8(14)18/h2-3,6-7,17H,4H2,1H3,(H,13,16,18)/t6-,7+,9+,10+/m0/s1. The lowest BCUT2D eigenvalue weighted by Crippen LogP contribution is -2.46. The Balaban J connectivity index is 2.51. The number of aromatic nitrogens is 2. The number of H-pyrrole nitrogens is 1. The van der Waals surface area contributed by atoms with Crippen molar-refractivity contribution in [1.82, 2.24) is 9.55 Å². The molecule has 1 aromatic heterocycles. The molecule has 0 aromatic carbocycles. The van der Waals surface area contributed by atoms with E-state index in [9.17, 15) is 28.6 Å². The second-order valence-corrected chi connectivity index (χ2v) is 4.47. The van der Waals surface area contributed by atoms with Gasteiger partial charge in [-0.3, -0.25) is 14.3 Å². The topological polar surface area (TPSA) is 104 Å². The maximum atomic E-state index is 14.3. The van der Waals surface area contributed by atoms with Gasteiger partial charge in [0.2, 0.25) is 0 Å². The van der Waals surface area contributed by atoms with Gasteiger partial charge in [0.15, 0.2) is 18.0 Å². The van der Waals surface area contributed by atoms with Crippen LogP contribution in [-0.4, -0.2) is 38.9 Å². The summed E-state index contributed by atoms with van der Waals surface area (Å²) >= 11 is 0. The first kappa shape index (κ1) is 13.8. The second-order valence-electron chi connectivity index (χ2n) is 4.47. The number of hydrogen-bond acceptors (Lipinski definition) is 4. The number of alkyl halides is 2. The number of aromatic amines is 1. The molecule has 0 amide bonds. The molecule has 0 spiro atoms. The van der Waals surface area contributed by atoms with Gasteiger partial charge in [0.1, 0.15) is 6.61 Å². The SMILES string of the molecule is C[C@]1(F)[C@H](n2ccc(=O)[nH]c2=O)O[C@](F)(C[O])[C@H]1O. The molecule has 9 heteroatoms. The Morgan fingerprint density at radius 1 is 1.53 bits per heavy atom. The molecule has 1 radical (unpaired) electrons. The average molecular weight is 277 g/mol. The first-order chi connectivity index (χ1) is 8.72. The molecule has 1 aliphatic rings. The third-order valence-corrected chi connectivity index (χ3v) is 3.03. The molecule has 2 heterocycles. The van der Waals surface area contributed by atoms with Gasteiger partial charge in [0.05, 0.1) is 0 Å². The Morgan fingerprint density at radius 3 is 2.63 bits per heavy atom. The highest BCUT2D eigenvalue weighted by Gasteiger charge is 2.64. The van der Waals surface area contributed by atoms with Crippen LogP contribution in [0.2, 0.25) is 0 Å². The van der Waals surface area contributed by atoms with Crippen molar-refractivity contribution in [3.05, 3.63) is 33.1 Å². The molecule has 105 valence electrons. The largest absolute Gasteiger partial charge is 0.383 e. The van der Waals surface area contributed by atoms with E-state index in [4.69, 9.17) is 0 Å². The molecule has 0 saturated carbocycles. The van der Waals surface area contributed by atoms with Crippen LogP contribution in [0.3, 0.4) is 0 Å². The number of nitrogens with zero attached hydrogens (tertiary/aromatic N) is 1. The third kappa shape index (κ3) is 1.99. The highest BCUT2D eigenvalue weighted by Crippen LogP contribution is 2.46. The van der Waals surface area contributed by atoms with Crippen LogP contribution < -0.4 is 11.2 Å². The molecule has 2 N–H and O–H groups in total. The van der Waals surface area contributed by atoms with Crippen LogP contribution in [0, 0.1) is 0 Å². The minimum Gasteiger partial charge on any atom is -0.383 e. The van der Waals surface area contributed by atoms with Crippen molar-refractivity contribution in [1.29, 1.82) is 0 Å².